The van der Waals surface area contributed by atoms with Gasteiger partial charge in [0.1, 0.15) is 11.5 Å². The summed E-state index contributed by atoms with van der Waals surface area (Å²) in [6.07, 6.45) is 0. The zero-order valence-corrected chi connectivity index (χ0v) is 17.4. The van der Waals surface area contributed by atoms with Crippen molar-refractivity contribution in [2.24, 2.45) is 4.99 Å². The third-order valence-electron chi connectivity index (χ3n) is 4.72. The van der Waals surface area contributed by atoms with Crippen molar-refractivity contribution < 1.29 is 22.7 Å². The minimum Gasteiger partial charge on any atom is -0.497 e. The van der Waals surface area contributed by atoms with E-state index in [4.69, 9.17) is 9.47 Å². The normalized spacial score (nSPS) is 23.8. The number of para-hydroxylation sites is 1. The number of fused-ring (bicyclic) bond motifs is 1. The van der Waals surface area contributed by atoms with Crippen LogP contribution in [0.3, 0.4) is 0 Å². The Kier molecular flexibility index (Phi) is 5.51. The van der Waals surface area contributed by atoms with Crippen LogP contribution in [0.2, 0.25) is 0 Å². The van der Waals surface area contributed by atoms with E-state index >= 15 is 0 Å². The number of anilines is 1. The fourth-order valence-corrected chi connectivity index (χ4v) is 7.36. The second kappa shape index (κ2) is 8.08. The molecule has 0 unspecified atom stereocenters. The molecule has 0 aromatic heterocycles. The van der Waals surface area contributed by atoms with E-state index in [0.29, 0.717) is 16.7 Å². The van der Waals surface area contributed by atoms with E-state index in [-0.39, 0.29) is 29.4 Å². The van der Waals surface area contributed by atoms with Crippen LogP contribution < -0.4 is 14.4 Å². The number of methoxy groups -OCH3 is 1. The molecule has 152 valence electrons. The number of sulfone groups is 1. The summed E-state index contributed by atoms with van der Waals surface area (Å²) in [6.45, 7) is -0.187. The van der Waals surface area contributed by atoms with Crippen molar-refractivity contribution in [3.05, 3.63) is 54.6 Å². The minimum atomic E-state index is -3.12. The van der Waals surface area contributed by atoms with Crippen LogP contribution in [0.1, 0.15) is 0 Å². The first kappa shape index (κ1) is 19.8. The fourth-order valence-electron chi connectivity index (χ4n) is 3.43. The molecule has 2 aliphatic rings. The Labute approximate surface area is 173 Å². The van der Waals surface area contributed by atoms with Crippen LogP contribution in [0.15, 0.2) is 59.6 Å². The van der Waals surface area contributed by atoms with Gasteiger partial charge in [-0.15, -0.1) is 0 Å². The Morgan fingerprint density at radius 1 is 1.14 bits per heavy atom. The van der Waals surface area contributed by atoms with Gasteiger partial charge in [-0.2, -0.15) is 4.99 Å². The third-order valence-corrected chi connectivity index (χ3v) is 7.93. The first-order valence-electron chi connectivity index (χ1n) is 9.05. The number of carbonyl (C=O) groups excluding carboxylic acids is 1. The molecule has 0 N–H and O–H groups in total. The summed E-state index contributed by atoms with van der Waals surface area (Å²) < 4.78 is 35.1. The second-order valence-corrected chi connectivity index (χ2v) is 10.1. The molecule has 2 aromatic carbocycles. The highest BCUT2D eigenvalue weighted by Gasteiger charge is 2.49. The molecular weight excluding hydrogens is 412 g/mol. The summed E-state index contributed by atoms with van der Waals surface area (Å²) in [5, 5.41) is 0.331. The lowest BCUT2D eigenvalue weighted by Crippen LogP contribution is -2.37. The van der Waals surface area contributed by atoms with Crippen LogP contribution in [-0.2, 0) is 14.6 Å². The lowest BCUT2D eigenvalue weighted by Gasteiger charge is -2.24. The quantitative estimate of drug-likeness (QED) is 0.717. The number of rotatable bonds is 5. The van der Waals surface area contributed by atoms with E-state index in [0.717, 1.165) is 5.69 Å². The maximum absolute atomic E-state index is 12.4. The van der Waals surface area contributed by atoms with E-state index in [1.807, 2.05) is 47.4 Å². The third kappa shape index (κ3) is 4.40. The van der Waals surface area contributed by atoms with Crippen molar-refractivity contribution in [1.82, 2.24) is 0 Å². The van der Waals surface area contributed by atoms with Gasteiger partial charge in [0.25, 0.3) is 5.91 Å². The zero-order chi connectivity index (χ0) is 20.4. The number of amidine groups is 1. The predicted octanol–water partition coefficient (Wildman–Crippen LogP) is 2.38. The van der Waals surface area contributed by atoms with Gasteiger partial charge in [-0.05, 0) is 24.3 Å². The number of carbonyl (C=O) groups is 1. The maximum Gasteiger partial charge on any atom is 0.285 e. The van der Waals surface area contributed by atoms with Gasteiger partial charge in [0.05, 0.1) is 24.7 Å². The molecule has 2 heterocycles. The number of amides is 1. The van der Waals surface area contributed by atoms with E-state index in [1.165, 1.54) is 11.8 Å². The second-order valence-electron chi connectivity index (χ2n) is 6.76. The highest BCUT2D eigenvalue weighted by atomic mass is 32.2. The van der Waals surface area contributed by atoms with Crippen LogP contribution in [0.25, 0.3) is 0 Å². The highest BCUT2D eigenvalue weighted by Crippen LogP contribution is 2.41. The van der Waals surface area contributed by atoms with Crippen molar-refractivity contribution in [3.63, 3.8) is 0 Å². The molecule has 0 aliphatic carbocycles. The summed E-state index contributed by atoms with van der Waals surface area (Å²) in [5.74, 6) is 0.932. The lowest BCUT2D eigenvalue weighted by atomic mass is 10.2. The molecule has 2 aromatic rings. The van der Waals surface area contributed by atoms with Crippen LogP contribution in [-0.4, -0.2) is 56.0 Å². The van der Waals surface area contributed by atoms with Crippen molar-refractivity contribution in [2.75, 3.05) is 30.1 Å². The Bertz CT molecular complexity index is 1040. The smallest absolute Gasteiger partial charge is 0.285 e. The minimum absolute atomic E-state index is 0.0373. The molecule has 0 radical (unpaired) electrons. The van der Waals surface area contributed by atoms with Gasteiger partial charge >= 0.3 is 0 Å². The summed E-state index contributed by atoms with van der Waals surface area (Å²) in [5.41, 5.74) is 0.747. The molecule has 2 saturated heterocycles. The van der Waals surface area contributed by atoms with Gasteiger partial charge < -0.3 is 14.4 Å². The molecule has 0 spiro atoms. The average Bonchev–Trinajstić information content (AvgIpc) is 3.17. The summed E-state index contributed by atoms with van der Waals surface area (Å²) in [4.78, 5) is 18.5. The van der Waals surface area contributed by atoms with E-state index in [1.54, 1.807) is 19.2 Å². The Morgan fingerprint density at radius 3 is 2.66 bits per heavy atom. The van der Waals surface area contributed by atoms with Gasteiger partial charge in [0.15, 0.2) is 21.6 Å². The van der Waals surface area contributed by atoms with Crippen LogP contribution in [0.5, 0.6) is 11.5 Å². The highest BCUT2D eigenvalue weighted by molar-refractivity contribution is 8.16. The molecule has 2 aliphatic heterocycles. The van der Waals surface area contributed by atoms with Crippen molar-refractivity contribution in [2.45, 2.75) is 11.3 Å². The largest absolute Gasteiger partial charge is 0.497 e. The first-order chi connectivity index (χ1) is 13.9. The molecule has 2 atom stereocenters. The summed E-state index contributed by atoms with van der Waals surface area (Å²) >= 11 is 1.33. The summed E-state index contributed by atoms with van der Waals surface area (Å²) in [7, 11) is -1.55. The number of nitrogens with zero attached hydrogens (tertiary/aromatic N) is 2. The lowest BCUT2D eigenvalue weighted by molar-refractivity contribution is -0.119. The molecule has 29 heavy (non-hydrogen) atoms. The Balaban J connectivity index is 1.59. The molecule has 0 bridgehead atoms. The SMILES string of the molecule is COc1cccc(N2C(=NC(=O)COc3ccccc3)S[C@@H]3CS(=O)(=O)C[C@H]32)c1. The monoisotopic (exact) mass is 432 g/mol. The number of hydrogen-bond acceptors (Lipinski definition) is 6. The molecule has 4 rings (SSSR count). The number of hydrogen-bond donors (Lipinski definition) is 0. The summed E-state index contributed by atoms with van der Waals surface area (Å²) in [6, 6.07) is 16.1. The standard InChI is InChI=1S/C20H20N2O5S2/c1-26-16-9-5-6-14(10-16)22-17-12-29(24,25)13-18(17)28-20(22)21-19(23)11-27-15-7-3-2-4-8-15/h2-10,17-18H,11-13H2,1H3/t17-,18-/m1/s1. The van der Waals surface area contributed by atoms with Gasteiger partial charge in [-0.1, -0.05) is 36.0 Å². The number of benzene rings is 2. The van der Waals surface area contributed by atoms with Crippen LogP contribution in [0, 0.1) is 0 Å². The van der Waals surface area contributed by atoms with Crippen molar-refractivity contribution in [1.29, 1.82) is 0 Å². The fraction of sp³-hybridized carbons (Fsp3) is 0.300. The topological polar surface area (TPSA) is 85.3 Å². The molecular formula is C20H20N2O5S2. The molecule has 1 amide bonds. The average molecular weight is 433 g/mol. The van der Waals surface area contributed by atoms with E-state index < -0.39 is 15.7 Å². The molecule has 0 saturated carbocycles. The number of thioether (sulfide) groups is 1. The van der Waals surface area contributed by atoms with Crippen LogP contribution >= 0.6 is 11.8 Å². The van der Waals surface area contributed by atoms with Gasteiger partial charge in [-0.3, -0.25) is 4.79 Å². The first-order valence-corrected chi connectivity index (χ1v) is 11.7. The zero-order valence-electron chi connectivity index (χ0n) is 15.7. The van der Waals surface area contributed by atoms with Gasteiger partial charge in [0, 0.05) is 17.0 Å². The van der Waals surface area contributed by atoms with Gasteiger partial charge in [0.2, 0.25) is 0 Å². The molecule has 9 heteroatoms. The van der Waals surface area contributed by atoms with Crippen molar-refractivity contribution >= 4 is 38.4 Å². The van der Waals surface area contributed by atoms with E-state index in [9.17, 15) is 13.2 Å². The van der Waals surface area contributed by atoms with Crippen LogP contribution in [0.4, 0.5) is 5.69 Å². The number of ether oxygens (including phenoxy) is 2. The van der Waals surface area contributed by atoms with Gasteiger partial charge in [-0.25, -0.2) is 8.42 Å². The molecule has 2 fully saturated rings. The predicted molar refractivity (Wildman–Crippen MR) is 114 cm³/mol. The maximum atomic E-state index is 12.4. The van der Waals surface area contributed by atoms with Crippen molar-refractivity contribution in [3.8, 4) is 11.5 Å². The molecule has 7 nitrogen and oxygen atoms in total. The van der Waals surface area contributed by atoms with E-state index in [2.05, 4.69) is 4.99 Å². The Hall–Kier alpha value is -2.52. The Morgan fingerprint density at radius 2 is 1.90 bits per heavy atom. The number of aliphatic imine (C=N–C) groups is 1.